The van der Waals surface area contributed by atoms with Crippen LogP contribution in [0, 0.1) is 0 Å². The Bertz CT molecular complexity index is 625. The van der Waals surface area contributed by atoms with E-state index in [1.807, 2.05) is 6.07 Å². The minimum Gasteiger partial charge on any atom is -0.381 e. The fourth-order valence-electron chi connectivity index (χ4n) is 2.72. The van der Waals surface area contributed by atoms with E-state index < -0.39 is 0 Å². The first-order chi connectivity index (χ1) is 10.8. The number of pyridine rings is 1. The summed E-state index contributed by atoms with van der Waals surface area (Å²) >= 11 is 6.15. The molecule has 0 bridgehead atoms. The molecule has 0 atom stereocenters. The first kappa shape index (κ1) is 15.0. The van der Waals surface area contributed by atoms with Crippen molar-refractivity contribution in [1.82, 2.24) is 15.0 Å². The third-order valence-corrected chi connectivity index (χ3v) is 4.32. The molecular weight excluding hydrogens is 298 g/mol. The standard InChI is InChI=1S/C16H20ClN5/c1-2-12-9-16(20-11-19-12)22-7-4-13(5-8-22)21-15-3-6-18-10-14(15)17/h3,6,9-11,13H,2,4-5,7-8H2,1H3,(H,18,21). The number of halogens is 1. The topological polar surface area (TPSA) is 53.9 Å². The van der Waals surface area contributed by atoms with Crippen molar-refractivity contribution in [2.24, 2.45) is 0 Å². The van der Waals surface area contributed by atoms with Gasteiger partial charge >= 0.3 is 0 Å². The fraction of sp³-hybridized carbons (Fsp3) is 0.438. The molecule has 2 aromatic heterocycles. The normalized spacial score (nSPS) is 15.8. The molecule has 2 aromatic rings. The molecule has 0 saturated carbocycles. The second-order valence-corrected chi connectivity index (χ2v) is 5.89. The minimum atomic E-state index is 0.434. The van der Waals surface area contributed by atoms with Crippen LogP contribution in [-0.2, 0) is 6.42 Å². The highest BCUT2D eigenvalue weighted by Crippen LogP contribution is 2.24. The van der Waals surface area contributed by atoms with Gasteiger partial charge in [0.1, 0.15) is 12.1 Å². The van der Waals surface area contributed by atoms with Crippen molar-refractivity contribution in [1.29, 1.82) is 0 Å². The Balaban J connectivity index is 1.59. The van der Waals surface area contributed by atoms with Crippen molar-refractivity contribution in [2.75, 3.05) is 23.3 Å². The highest BCUT2D eigenvalue weighted by molar-refractivity contribution is 6.33. The van der Waals surface area contributed by atoms with Crippen LogP contribution in [0.4, 0.5) is 11.5 Å². The molecule has 0 unspecified atom stereocenters. The monoisotopic (exact) mass is 317 g/mol. The average molecular weight is 318 g/mol. The maximum atomic E-state index is 6.15. The zero-order valence-corrected chi connectivity index (χ0v) is 13.4. The van der Waals surface area contributed by atoms with Crippen LogP contribution < -0.4 is 10.2 Å². The van der Waals surface area contributed by atoms with E-state index in [1.54, 1.807) is 18.7 Å². The van der Waals surface area contributed by atoms with Gasteiger partial charge in [-0.05, 0) is 25.3 Å². The van der Waals surface area contributed by atoms with Crippen LogP contribution in [0.2, 0.25) is 5.02 Å². The van der Waals surface area contributed by atoms with Gasteiger partial charge in [-0.3, -0.25) is 4.98 Å². The maximum Gasteiger partial charge on any atom is 0.132 e. The minimum absolute atomic E-state index is 0.434. The first-order valence-electron chi connectivity index (χ1n) is 7.68. The number of hydrogen-bond acceptors (Lipinski definition) is 5. The van der Waals surface area contributed by atoms with Crippen molar-refractivity contribution in [3.05, 3.63) is 41.6 Å². The van der Waals surface area contributed by atoms with Crippen LogP contribution in [0.5, 0.6) is 0 Å². The molecule has 5 nitrogen and oxygen atoms in total. The number of aryl methyl sites for hydroxylation is 1. The smallest absolute Gasteiger partial charge is 0.132 e. The summed E-state index contributed by atoms with van der Waals surface area (Å²) < 4.78 is 0. The highest BCUT2D eigenvalue weighted by atomic mass is 35.5. The SMILES string of the molecule is CCc1cc(N2CCC(Nc3ccncc3Cl)CC2)ncn1. The van der Waals surface area contributed by atoms with Gasteiger partial charge in [0, 0.05) is 43.3 Å². The van der Waals surface area contributed by atoms with Crippen molar-refractivity contribution in [2.45, 2.75) is 32.2 Å². The van der Waals surface area contributed by atoms with Gasteiger partial charge in [-0.2, -0.15) is 0 Å². The Morgan fingerprint density at radius 2 is 2.14 bits per heavy atom. The number of nitrogens with zero attached hydrogens (tertiary/aromatic N) is 4. The highest BCUT2D eigenvalue weighted by Gasteiger charge is 2.20. The van der Waals surface area contributed by atoms with Crippen LogP contribution in [0.1, 0.15) is 25.5 Å². The van der Waals surface area contributed by atoms with Crippen molar-refractivity contribution >= 4 is 23.1 Å². The van der Waals surface area contributed by atoms with E-state index in [-0.39, 0.29) is 0 Å². The second kappa shape index (κ2) is 6.92. The molecule has 6 heteroatoms. The summed E-state index contributed by atoms with van der Waals surface area (Å²) in [5, 5.41) is 4.19. The van der Waals surface area contributed by atoms with Crippen LogP contribution in [0.25, 0.3) is 0 Å². The molecule has 1 aliphatic heterocycles. The Hall–Kier alpha value is -1.88. The molecule has 0 amide bonds. The van der Waals surface area contributed by atoms with Gasteiger partial charge in [-0.25, -0.2) is 9.97 Å². The average Bonchev–Trinajstić information content (AvgIpc) is 2.58. The number of nitrogens with one attached hydrogen (secondary N) is 1. The zero-order chi connectivity index (χ0) is 15.4. The molecule has 1 fully saturated rings. The molecule has 0 spiro atoms. The molecule has 3 heterocycles. The van der Waals surface area contributed by atoms with E-state index >= 15 is 0 Å². The van der Waals surface area contributed by atoms with Crippen molar-refractivity contribution < 1.29 is 0 Å². The van der Waals surface area contributed by atoms with Gasteiger partial charge in [0.15, 0.2) is 0 Å². The Kier molecular flexibility index (Phi) is 4.73. The molecule has 0 aromatic carbocycles. The molecule has 1 saturated heterocycles. The maximum absolute atomic E-state index is 6.15. The van der Waals surface area contributed by atoms with Gasteiger partial charge in [-0.15, -0.1) is 0 Å². The van der Waals surface area contributed by atoms with Crippen LogP contribution in [0.3, 0.4) is 0 Å². The summed E-state index contributed by atoms with van der Waals surface area (Å²) in [7, 11) is 0. The fourth-order valence-corrected chi connectivity index (χ4v) is 2.89. The lowest BCUT2D eigenvalue weighted by Crippen LogP contribution is -2.39. The van der Waals surface area contributed by atoms with Crippen LogP contribution >= 0.6 is 11.6 Å². The summed E-state index contributed by atoms with van der Waals surface area (Å²) in [5.74, 6) is 1.03. The number of piperidine rings is 1. The van der Waals surface area contributed by atoms with Gasteiger partial charge in [0.25, 0.3) is 0 Å². The number of hydrogen-bond donors (Lipinski definition) is 1. The van der Waals surface area contributed by atoms with E-state index in [1.165, 1.54) is 0 Å². The molecular formula is C16H20ClN5. The van der Waals surface area contributed by atoms with Gasteiger partial charge in [-0.1, -0.05) is 18.5 Å². The van der Waals surface area contributed by atoms with E-state index in [0.717, 1.165) is 49.6 Å². The van der Waals surface area contributed by atoms with Crippen molar-refractivity contribution in [3.63, 3.8) is 0 Å². The molecule has 1 N–H and O–H groups in total. The number of rotatable bonds is 4. The third-order valence-electron chi connectivity index (χ3n) is 4.02. The first-order valence-corrected chi connectivity index (χ1v) is 8.06. The Morgan fingerprint density at radius 3 is 2.86 bits per heavy atom. The lowest BCUT2D eigenvalue weighted by atomic mass is 10.0. The summed E-state index contributed by atoms with van der Waals surface area (Å²) in [6, 6.07) is 4.45. The van der Waals surface area contributed by atoms with Crippen molar-refractivity contribution in [3.8, 4) is 0 Å². The lowest BCUT2D eigenvalue weighted by molar-refractivity contribution is 0.523. The van der Waals surface area contributed by atoms with E-state index in [0.29, 0.717) is 11.1 Å². The summed E-state index contributed by atoms with van der Waals surface area (Å²) in [4.78, 5) is 15.0. The Labute approximate surface area is 135 Å². The van der Waals surface area contributed by atoms with E-state index in [4.69, 9.17) is 11.6 Å². The lowest BCUT2D eigenvalue weighted by Gasteiger charge is -2.33. The van der Waals surface area contributed by atoms with Gasteiger partial charge in [0.05, 0.1) is 10.7 Å². The largest absolute Gasteiger partial charge is 0.381 e. The molecule has 1 aliphatic rings. The summed E-state index contributed by atoms with van der Waals surface area (Å²) in [6.07, 6.45) is 8.15. The van der Waals surface area contributed by atoms with E-state index in [2.05, 4.69) is 38.2 Å². The van der Waals surface area contributed by atoms with Crippen LogP contribution in [-0.4, -0.2) is 34.1 Å². The van der Waals surface area contributed by atoms with Crippen LogP contribution in [0.15, 0.2) is 30.9 Å². The van der Waals surface area contributed by atoms with E-state index in [9.17, 15) is 0 Å². The molecule has 116 valence electrons. The second-order valence-electron chi connectivity index (χ2n) is 5.48. The van der Waals surface area contributed by atoms with Gasteiger partial charge in [0.2, 0.25) is 0 Å². The predicted octanol–water partition coefficient (Wildman–Crippen LogP) is 3.17. The molecule has 3 rings (SSSR count). The Morgan fingerprint density at radius 1 is 1.32 bits per heavy atom. The van der Waals surface area contributed by atoms with Gasteiger partial charge < -0.3 is 10.2 Å². The molecule has 22 heavy (non-hydrogen) atoms. The molecule has 0 radical (unpaired) electrons. The number of anilines is 2. The number of aromatic nitrogens is 3. The third kappa shape index (κ3) is 3.47. The quantitative estimate of drug-likeness (QED) is 0.938. The molecule has 0 aliphatic carbocycles. The summed E-state index contributed by atoms with van der Waals surface area (Å²) in [6.45, 7) is 4.09. The summed E-state index contributed by atoms with van der Waals surface area (Å²) in [5.41, 5.74) is 2.05. The predicted molar refractivity (Wildman–Crippen MR) is 89.5 cm³/mol. The zero-order valence-electron chi connectivity index (χ0n) is 12.7.